The Hall–Kier alpha value is -9.59. The second-order valence-electron chi connectivity index (χ2n) is 32.2. The van der Waals surface area contributed by atoms with Crippen molar-refractivity contribution in [1.82, 2.24) is 39.6 Å². The fourth-order valence-corrected chi connectivity index (χ4v) is 9.35. The van der Waals surface area contributed by atoms with Crippen LogP contribution in [-0.2, 0) is 59.4 Å². The number of barbiturate groups is 1. The van der Waals surface area contributed by atoms with Gasteiger partial charge in [0.25, 0.3) is 17.4 Å². The molecule has 0 unspecified atom stereocenters. The highest BCUT2D eigenvalue weighted by Crippen LogP contribution is 2.27. The number of ketones is 1. The number of amides is 9. The van der Waals surface area contributed by atoms with Crippen molar-refractivity contribution in [2.45, 2.75) is 302 Å². The molecule has 1 aromatic carbocycles. The Bertz CT molecular complexity index is 3650. The standard InChI is InChI=1S/C28H31N5O4.C14H21N3O2.C10H16N2O2.C9H14N2O3.C7H17N.C6H12O2.14CH4/c1-17(34)12-22-8-6-9-24(30-22)32-26(36)20-13-19(16-28(3,4)5)14-21(15-20)27(37)33-25-11-7-10-23(31-25)29-18(2)35;1-9(18)15-12-6-11(8-14(3,4)5)7-13(17-12)16-10(2)19;1-7-5-12(6-10(2,3)4)9(14)11-8(7)13;1-9(2,3)5-11-7(13)4-6(12)10-8(11)14;1-7(2,3)6-8(4)5;1-6(2,3)4-5(7)8;;;;;;;;;;;;;;/h6-11,13-15H,12,16H2,1-5H3,(H,30,32,36)(H2,29,31,33,35,37);6-7H,8H2,1-5H3,(H2,15,16,17,18,19);5H,6H2,1-4H3,(H,11,13,14);4-5H2,1-3H3,(H,10,12,14);6H2,1-5H3;4H2,1-3H3,(H,7,8);14*1H4. The lowest BCUT2D eigenvalue weighted by Crippen LogP contribution is -2.54. The summed E-state index contributed by atoms with van der Waals surface area (Å²) in [4.78, 5) is 155. The quantitative estimate of drug-likeness (QED) is 0.0451. The maximum atomic E-state index is 13.1. The van der Waals surface area contributed by atoms with E-state index in [1.165, 1.54) is 38.3 Å². The average molecular weight is 1620 g/mol. The van der Waals surface area contributed by atoms with Crippen LogP contribution in [0.15, 0.2) is 82.5 Å². The molecule has 5 heterocycles. The van der Waals surface area contributed by atoms with Crippen molar-refractivity contribution in [3.05, 3.63) is 127 Å². The summed E-state index contributed by atoms with van der Waals surface area (Å²) in [5.74, 6) is -1.42. The summed E-state index contributed by atoms with van der Waals surface area (Å²) in [7, 11) is 4.20. The van der Waals surface area contributed by atoms with Gasteiger partial charge in [-0.2, -0.15) is 0 Å². The number of aryl methyl sites for hydroxylation is 1. The number of nitrogens with zero attached hydrogens (tertiary/aromatic N) is 6. The third-order valence-corrected chi connectivity index (χ3v) is 12.3. The molecule has 0 saturated carbocycles. The van der Waals surface area contributed by atoms with Crippen LogP contribution in [0.25, 0.3) is 0 Å². The molecule has 26 nitrogen and oxygen atoms in total. The van der Waals surface area contributed by atoms with Gasteiger partial charge in [-0.3, -0.25) is 67.7 Å². The number of urea groups is 1. The van der Waals surface area contributed by atoms with Gasteiger partial charge in [0.2, 0.25) is 29.5 Å². The summed E-state index contributed by atoms with van der Waals surface area (Å²) < 4.78 is 1.54. The summed E-state index contributed by atoms with van der Waals surface area (Å²) in [6.45, 7) is 46.4. The van der Waals surface area contributed by atoms with Gasteiger partial charge in [-0.05, 0) is 139 Å². The first-order chi connectivity index (χ1) is 45.4. The number of carboxylic acid groups (broad SMARTS) is 1. The molecule has 0 radical (unpaired) electrons. The number of H-pyrrole nitrogens is 1. The number of hydrogen-bond donors (Lipinski definition) is 8. The maximum Gasteiger partial charge on any atom is 0.330 e. The third-order valence-electron chi connectivity index (χ3n) is 12.3. The molecule has 5 aromatic rings. The summed E-state index contributed by atoms with van der Waals surface area (Å²) in [6, 6.07) is 18.0. The highest BCUT2D eigenvalue weighted by molar-refractivity contribution is 6.14. The van der Waals surface area contributed by atoms with E-state index in [0.29, 0.717) is 65.0 Å². The van der Waals surface area contributed by atoms with E-state index in [9.17, 15) is 57.5 Å². The van der Waals surface area contributed by atoms with Crippen molar-refractivity contribution in [3.63, 3.8) is 0 Å². The zero-order valence-corrected chi connectivity index (χ0v) is 63.6. The molecule has 1 saturated heterocycles. The van der Waals surface area contributed by atoms with Crippen LogP contribution in [0.4, 0.5) is 33.9 Å². The molecular weight excluding hydrogens is 1450 g/mol. The van der Waals surface area contributed by atoms with E-state index in [-0.39, 0.29) is 196 Å². The van der Waals surface area contributed by atoms with Crippen LogP contribution >= 0.6 is 0 Å². The van der Waals surface area contributed by atoms with Gasteiger partial charge in [0.05, 0.1) is 12.1 Å². The normalized spacial score (nSPS) is 10.8. The largest absolute Gasteiger partial charge is 0.481 e. The number of hydrogen-bond acceptors (Lipinski definition) is 16. The topological polar surface area (TPSA) is 363 Å². The number of carboxylic acids is 1. The molecule has 9 amide bonds. The molecule has 0 atom stereocenters. The van der Waals surface area contributed by atoms with E-state index in [1.807, 2.05) is 74.4 Å². The molecule has 8 N–H and O–H groups in total. The number of benzene rings is 1. The molecule has 6 rings (SSSR count). The Balaban J connectivity index is -0.0000000932. The van der Waals surface area contributed by atoms with E-state index < -0.39 is 35.6 Å². The molecule has 0 aliphatic carbocycles. The predicted octanol–water partition coefficient (Wildman–Crippen LogP) is 20.6. The van der Waals surface area contributed by atoms with E-state index in [4.69, 9.17) is 5.11 Å². The van der Waals surface area contributed by atoms with E-state index >= 15 is 0 Å². The number of carbonyl (C=O) groups is 10. The molecule has 0 spiro atoms. The minimum atomic E-state index is -0.725. The number of anilines is 5. The predicted molar refractivity (Wildman–Crippen MR) is 487 cm³/mol. The summed E-state index contributed by atoms with van der Waals surface area (Å²) in [5, 5.41) is 23.7. The monoisotopic (exact) mass is 1610 g/mol. The number of carbonyl (C=O) groups excluding carboxylic acids is 9. The number of aromatic nitrogens is 5. The molecule has 0 bridgehead atoms. The number of pyridine rings is 3. The lowest BCUT2D eigenvalue weighted by Gasteiger charge is -2.30. The van der Waals surface area contributed by atoms with Crippen molar-refractivity contribution in [2.24, 2.45) is 32.5 Å². The van der Waals surface area contributed by atoms with Crippen LogP contribution in [0, 0.1) is 39.4 Å². The lowest BCUT2D eigenvalue weighted by molar-refractivity contribution is -0.139. The number of nitrogens with one attached hydrogen (secondary N) is 7. The highest BCUT2D eigenvalue weighted by atomic mass is 16.4. The molecule has 26 heteroatoms. The first-order valence-electron chi connectivity index (χ1n) is 32.8. The Kier molecular flexibility index (Phi) is 71.9. The number of rotatable bonds is 15. The average Bonchev–Trinajstić information content (AvgIpc) is 0.829. The zero-order chi connectivity index (χ0) is 77.2. The van der Waals surface area contributed by atoms with Gasteiger partial charge in [0.15, 0.2) is 0 Å². The Morgan fingerprint density at radius 2 is 0.842 bits per heavy atom. The fraction of sp³-hybridized carbons (Fsp3) is 0.602. The molecule has 662 valence electrons. The van der Waals surface area contributed by atoms with Gasteiger partial charge in [-0.25, -0.2) is 24.5 Å². The number of Topliss-reactive ketones (excluding diaryl/α,β-unsaturated/α-hetero) is 1. The van der Waals surface area contributed by atoms with Gasteiger partial charge in [0, 0.05) is 69.7 Å². The Morgan fingerprint density at radius 1 is 0.474 bits per heavy atom. The van der Waals surface area contributed by atoms with Crippen LogP contribution < -0.4 is 43.1 Å². The fourth-order valence-electron chi connectivity index (χ4n) is 9.35. The van der Waals surface area contributed by atoms with E-state index in [0.717, 1.165) is 29.0 Å². The Morgan fingerprint density at radius 3 is 1.17 bits per heavy atom. The van der Waals surface area contributed by atoms with Crippen molar-refractivity contribution >= 4 is 88.2 Å². The molecule has 1 fully saturated rings. The molecule has 114 heavy (non-hydrogen) atoms. The van der Waals surface area contributed by atoms with Crippen molar-refractivity contribution < 1.29 is 53.1 Å². The van der Waals surface area contributed by atoms with Gasteiger partial charge < -0.3 is 36.6 Å². The van der Waals surface area contributed by atoms with Crippen molar-refractivity contribution in [3.8, 4) is 0 Å². The second kappa shape index (κ2) is 60.0. The van der Waals surface area contributed by atoms with E-state index in [2.05, 4.69) is 133 Å². The van der Waals surface area contributed by atoms with Crippen molar-refractivity contribution in [2.75, 3.05) is 53.8 Å². The number of aromatic amines is 1. The number of imide groups is 2. The zero-order valence-electron chi connectivity index (χ0n) is 63.6. The van der Waals surface area contributed by atoms with Crippen LogP contribution in [0.1, 0.15) is 312 Å². The maximum absolute atomic E-state index is 13.1. The minimum absolute atomic E-state index is 0. The van der Waals surface area contributed by atoms with Crippen LogP contribution in [0.3, 0.4) is 0 Å². The first-order valence-corrected chi connectivity index (χ1v) is 32.8. The molecule has 1 aliphatic heterocycles. The second-order valence-corrected chi connectivity index (χ2v) is 32.2. The third kappa shape index (κ3) is 63.9. The van der Waals surface area contributed by atoms with Crippen LogP contribution in [-0.4, -0.2) is 126 Å². The minimum Gasteiger partial charge on any atom is -0.481 e. The van der Waals surface area contributed by atoms with Gasteiger partial charge in [-0.15, -0.1) is 0 Å². The summed E-state index contributed by atoms with van der Waals surface area (Å²) in [5.41, 5.74) is 3.17. The van der Waals surface area contributed by atoms with Gasteiger partial charge >= 0.3 is 17.7 Å². The van der Waals surface area contributed by atoms with Crippen LogP contribution in [0.2, 0.25) is 0 Å². The Labute approximate surface area is 693 Å². The van der Waals surface area contributed by atoms with Crippen LogP contribution in [0.5, 0.6) is 0 Å². The molecule has 1 aliphatic rings. The van der Waals surface area contributed by atoms with Crippen molar-refractivity contribution in [1.29, 1.82) is 0 Å². The van der Waals surface area contributed by atoms with E-state index in [1.54, 1.807) is 61.7 Å². The molecule has 4 aromatic heterocycles. The highest BCUT2D eigenvalue weighted by Gasteiger charge is 2.33. The first kappa shape index (κ1) is 137. The van der Waals surface area contributed by atoms with Gasteiger partial charge in [0.1, 0.15) is 41.3 Å². The summed E-state index contributed by atoms with van der Waals surface area (Å²) >= 11 is 0. The van der Waals surface area contributed by atoms with Gasteiger partial charge in [-0.1, -0.05) is 241 Å². The number of aliphatic carboxylic acids is 1. The smallest absolute Gasteiger partial charge is 0.330 e. The summed E-state index contributed by atoms with van der Waals surface area (Å²) in [6.07, 6.45) is 3.25. The SMILES string of the molecule is C.C.C.C.C.C.C.C.C.C.C.C.C.C.CC(=O)Cc1cccc(NC(=O)c2cc(CC(C)(C)C)cc(C(=O)Nc3cccc(NC(C)=O)n3)c2)n1.CC(=O)Nc1cc(CC(C)(C)C)cc(NC(C)=O)n1.CC(C)(C)CC(=O)O.CC(C)(C)CN1C(=O)CC(=O)NC1=O.CN(C)CC(C)(C)C.Cc1cn(CC(C)(C)C)c(=O)[nH]c1=O. The molecular formula is C88H167N13O13. The lowest BCUT2D eigenvalue weighted by atomic mass is 9.87.